The lowest BCUT2D eigenvalue weighted by atomic mass is 10.1. The fourth-order valence-electron chi connectivity index (χ4n) is 0.877. The van der Waals surface area contributed by atoms with Crippen LogP contribution in [0.5, 0.6) is 0 Å². The van der Waals surface area contributed by atoms with E-state index in [2.05, 4.69) is 4.74 Å². The maximum absolute atomic E-state index is 9.16. The summed E-state index contributed by atoms with van der Waals surface area (Å²) in [7, 11) is 1.37. The first kappa shape index (κ1) is 8.89. The minimum atomic E-state index is -1.36. The first-order valence-corrected chi connectivity index (χ1v) is 3.22. The summed E-state index contributed by atoms with van der Waals surface area (Å²) in [6, 6.07) is 0. The van der Waals surface area contributed by atoms with E-state index in [0.717, 1.165) is 6.61 Å². The number of rotatable bonds is 1. The number of ether oxygens (including phenoxy) is 2. The van der Waals surface area contributed by atoms with E-state index in [1.807, 2.05) is 0 Å². The van der Waals surface area contributed by atoms with E-state index in [0.29, 0.717) is 0 Å². The van der Waals surface area contributed by atoms with Crippen LogP contribution in [-0.2, 0) is 9.47 Å². The van der Waals surface area contributed by atoms with E-state index >= 15 is 0 Å². The van der Waals surface area contributed by atoms with Crippen LogP contribution in [0.3, 0.4) is 0 Å². The van der Waals surface area contributed by atoms with Crippen molar-refractivity contribution >= 4 is 0 Å². The van der Waals surface area contributed by atoms with Crippen LogP contribution in [0.4, 0.5) is 0 Å². The Morgan fingerprint density at radius 1 is 1.27 bits per heavy atom. The normalized spacial score (nSPS) is 45.8. The van der Waals surface area contributed by atoms with Gasteiger partial charge >= 0.3 is 0 Å². The van der Waals surface area contributed by atoms with Crippen molar-refractivity contribution in [1.29, 1.82) is 0 Å². The van der Waals surface area contributed by atoms with Crippen molar-refractivity contribution in [2.24, 2.45) is 0 Å². The van der Waals surface area contributed by atoms with Crippen molar-refractivity contribution in [3.63, 3.8) is 0 Å². The van der Waals surface area contributed by atoms with Gasteiger partial charge in [-0.1, -0.05) is 0 Å². The molecule has 4 atom stereocenters. The third-order valence-corrected chi connectivity index (χ3v) is 1.60. The Hall–Kier alpha value is -0.200. The van der Waals surface area contributed by atoms with Gasteiger partial charge in [-0.25, -0.2) is 0 Å². The van der Waals surface area contributed by atoms with Crippen molar-refractivity contribution in [2.45, 2.75) is 24.6 Å². The Morgan fingerprint density at radius 3 is 2.45 bits per heavy atom. The van der Waals surface area contributed by atoms with Crippen LogP contribution in [0.2, 0.25) is 0 Å². The summed E-state index contributed by atoms with van der Waals surface area (Å²) in [6.45, 7) is 1.15. The molecule has 1 saturated heterocycles. The van der Waals surface area contributed by atoms with Crippen LogP contribution in [0, 0.1) is 6.61 Å². The van der Waals surface area contributed by atoms with Gasteiger partial charge in [0, 0.05) is 7.11 Å². The minimum Gasteiger partial charge on any atom is -0.387 e. The molecular formula is C6H11O5. The van der Waals surface area contributed by atoms with E-state index in [4.69, 9.17) is 20.1 Å². The van der Waals surface area contributed by atoms with E-state index in [9.17, 15) is 0 Å². The van der Waals surface area contributed by atoms with Crippen LogP contribution in [-0.4, -0.2) is 47.0 Å². The Bertz CT molecular complexity index is 126. The standard InChI is InChI=1S/C6H11O5/c1-10-3-2-11-6(9)5(8)4(3)7/h2-9H,1H3. The molecule has 0 aromatic heterocycles. The number of hydrogen-bond donors (Lipinski definition) is 3. The van der Waals surface area contributed by atoms with Gasteiger partial charge in [-0.2, -0.15) is 0 Å². The predicted molar refractivity (Wildman–Crippen MR) is 34.2 cm³/mol. The van der Waals surface area contributed by atoms with Crippen molar-refractivity contribution in [1.82, 2.24) is 0 Å². The monoisotopic (exact) mass is 163 g/mol. The number of hydrogen-bond acceptors (Lipinski definition) is 5. The lowest BCUT2D eigenvalue weighted by Gasteiger charge is -2.33. The molecule has 65 valence electrons. The van der Waals surface area contributed by atoms with Gasteiger partial charge in [0.1, 0.15) is 24.9 Å². The van der Waals surface area contributed by atoms with Gasteiger partial charge in [0.2, 0.25) is 0 Å². The van der Waals surface area contributed by atoms with Crippen molar-refractivity contribution in [3.8, 4) is 0 Å². The van der Waals surface area contributed by atoms with E-state index in [1.165, 1.54) is 7.11 Å². The fraction of sp³-hybridized carbons (Fsp3) is 0.833. The molecule has 1 aliphatic heterocycles. The van der Waals surface area contributed by atoms with Gasteiger partial charge < -0.3 is 24.8 Å². The molecule has 1 radical (unpaired) electrons. The third-order valence-electron chi connectivity index (χ3n) is 1.60. The van der Waals surface area contributed by atoms with Gasteiger partial charge in [-0.15, -0.1) is 0 Å². The van der Waals surface area contributed by atoms with Crippen molar-refractivity contribution < 1.29 is 24.8 Å². The molecule has 1 heterocycles. The molecule has 5 nitrogen and oxygen atoms in total. The van der Waals surface area contributed by atoms with E-state index in [-0.39, 0.29) is 0 Å². The predicted octanol–water partition coefficient (Wildman–Crippen LogP) is -1.77. The zero-order valence-electron chi connectivity index (χ0n) is 6.04. The molecule has 0 saturated carbocycles. The Kier molecular flexibility index (Phi) is 2.80. The summed E-state index contributed by atoms with van der Waals surface area (Å²) in [6.07, 6.45) is -4.50. The molecule has 1 fully saturated rings. The number of aliphatic hydroxyl groups excluding tert-OH is 3. The van der Waals surface area contributed by atoms with Gasteiger partial charge in [-0.3, -0.25) is 0 Å². The lowest BCUT2D eigenvalue weighted by Crippen LogP contribution is -2.51. The second kappa shape index (κ2) is 3.46. The van der Waals surface area contributed by atoms with Crippen LogP contribution in [0.1, 0.15) is 0 Å². The molecule has 11 heavy (non-hydrogen) atoms. The summed E-state index contributed by atoms with van der Waals surface area (Å²) in [5, 5.41) is 27.0. The maximum atomic E-state index is 9.16. The Morgan fingerprint density at radius 2 is 1.91 bits per heavy atom. The zero-order valence-corrected chi connectivity index (χ0v) is 6.04. The highest BCUT2D eigenvalue weighted by atomic mass is 16.6. The molecule has 0 spiro atoms. The molecule has 0 aromatic rings. The van der Waals surface area contributed by atoms with Gasteiger partial charge in [0.25, 0.3) is 0 Å². The number of aliphatic hydroxyl groups is 3. The quantitative estimate of drug-likeness (QED) is 0.426. The van der Waals surface area contributed by atoms with Gasteiger partial charge in [-0.05, 0) is 0 Å². The van der Waals surface area contributed by atoms with Crippen molar-refractivity contribution in [3.05, 3.63) is 6.61 Å². The summed E-state index contributed by atoms with van der Waals surface area (Å²) in [4.78, 5) is 0. The van der Waals surface area contributed by atoms with Crippen LogP contribution in [0.25, 0.3) is 0 Å². The second-order valence-electron chi connectivity index (χ2n) is 2.34. The number of methoxy groups -OCH3 is 1. The summed E-state index contributed by atoms with van der Waals surface area (Å²) in [5.74, 6) is 0. The van der Waals surface area contributed by atoms with E-state index < -0.39 is 24.6 Å². The van der Waals surface area contributed by atoms with Gasteiger partial charge in [0.05, 0.1) is 0 Å². The average Bonchev–Trinajstić information content (AvgIpc) is 2.01. The van der Waals surface area contributed by atoms with Crippen molar-refractivity contribution in [2.75, 3.05) is 7.11 Å². The second-order valence-corrected chi connectivity index (χ2v) is 2.34. The van der Waals surface area contributed by atoms with Crippen LogP contribution in [0.15, 0.2) is 0 Å². The topological polar surface area (TPSA) is 79.2 Å². The Balaban J connectivity index is 2.52. The van der Waals surface area contributed by atoms with Crippen LogP contribution >= 0.6 is 0 Å². The smallest absolute Gasteiger partial charge is 0.184 e. The third kappa shape index (κ3) is 1.69. The molecule has 3 N–H and O–H groups in total. The fourth-order valence-corrected chi connectivity index (χ4v) is 0.877. The molecular weight excluding hydrogens is 152 g/mol. The summed E-state index contributed by atoms with van der Waals surface area (Å²) >= 11 is 0. The first-order valence-electron chi connectivity index (χ1n) is 3.22. The molecule has 1 rings (SSSR count). The molecule has 0 aliphatic carbocycles. The minimum absolute atomic E-state index is 0.687. The highest BCUT2D eigenvalue weighted by Gasteiger charge is 2.37. The molecule has 1 aliphatic rings. The average molecular weight is 163 g/mol. The molecule has 5 heteroatoms. The van der Waals surface area contributed by atoms with E-state index in [1.54, 1.807) is 0 Å². The lowest BCUT2D eigenvalue weighted by molar-refractivity contribution is -0.233. The van der Waals surface area contributed by atoms with Gasteiger partial charge in [0.15, 0.2) is 6.29 Å². The first-order chi connectivity index (χ1) is 5.16. The largest absolute Gasteiger partial charge is 0.387 e. The SMILES string of the molecule is COC1[CH]OC(O)C(O)C1O. The molecule has 0 bridgehead atoms. The summed E-state index contributed by atoms with van der Waals surface area (Å²) < 4.78 is 9.28. The molecule has 0 amide bonds. The molecule has 0 aromatic carbocycles. The summed E-state index contributed by atoms with van der Waals surface area (Å²) in [5.41, 5.74) is 0. The Labute approximate surface area is 64.2 Å². The molecule has 4 unspecified atom stereocenters. The zero-order chi connectivity index (χ0) is 8.43. The maximum Gasteiger partial charge on any atom is 0.184 e. The highest BCUT2D eigenvalue weighted by Crippen LogP contribution is 2.18. The van der Waals surface area contributed by atoms with Crippen LogP contribution < -0.4 is 0 Å². The highest BCUT2D eigenvalue weighted by molar-refractivity contribution is 4.88.